The summed E-state index contributed by atoms with van der Waals surface area (Å²) in [5.41, 5.74) is 1.44. The van der Waals surface area contributed by atoms with Crippen molar-refractivity contribution in [2.75, 3.05) is 19.7 Å². The molecule has 2 aromatic rings. The van der Waals surface area contributed by atoms with Gasteiger partial charge in [0.25, 0.3) is 5.91 Å². The molecule has 27 heavy (non-hydrogen) atoms. The number of rotatable bonds is 5. The normalized spacial score (nSPS) is 14.8. The molecule has 0 radical (unpaired) electrons. The fourth-order valence-electron chi connectivity index (χ4n) is 3.21. The van der Waals surface area contributed by atoms with E-state index in [2.05, 4.69) is 0 Å². The smallest absolute Gasteiger partial charge is 0.309 e. The number of amides is 1. The van der Waals surface area contributed by atoms with Crippen LogP contribution < -0.4 is 0 Å². The lowest BCUT2D eigenvalue weighted by atomic mass is 9.97. The summed E-state index contributed by atoms with van der Waals surface area (Å²) in [6, 6.07) is 10.5. The number of ketones is 1. The summed E-state index contributed by atoms with van der Waals surface area (Å²) in [5.74, 6) is 0.358. The van der Waals surface area contributed by atoms with Crippen LogP contribution in [0.3, 0.4) is 0 Å². The molecular weight excluding hydrogens is 346 g/mol. The monoisotopic (exact) mass is 369 g/mol. The van der Waals surface area contributed by atoms with Gasteiger partial charge in [0.15, 0.2) is 11.5 Å². The Kier molecular flexibility index (Phi) is 5.74. The van der Waals surface area contributed by atoms with Gasteiger partial charge in [-0.25, -0.2) is 0 Å². The minimum Gasteiger partial charge on any atom is -0.466 e. The first kappa shape index (κ1) is 18.9. The first-order valence-corrected chi connectivity index (χ1v) is 9.16. The molecule has 0 spiro atoms. The lowest BCUT2D eigenvalue weighted by Crippen LogP contribution is -2.40. The molecule has 0 saturated carbocycles. The van der Waals surface area contributed by atoms with Crippen molar-refractivity contribution in [2.24, 2.45) is 5.92 Å². The topological polar surface area (TPSA) is 76.8 Å². The van der Waals surface area contributed by atoms with E-state index in [1.54, 1.807) is 48.2 Å². The third-order valence-electron chi connectivity index (χ3n) is 4.79. The number of esters is 1. The van der Waals surface area contributed by atoms with Crippen molar-refractivity contribution in [2.45, 2.75) is 26.7 Å². The van der Waals surface area contributed by atoms with Crippen LogP contribution in [0.5, 0.6) is 0 Å². The fraction of sp³-hybridized carbons (Fsp3) is 0.381. The lowest BCUT2D eigenvalue weighted by molar-refractivity contribution is -0.149. The van der Waals surface area contributed by atoms with Gasteiger partial charge in [0.2, 0.25) is 0 Å². The number of hydrogen-bond acceptors (Lipinski definition) is 5. The number of piperidine rings is 1. The molecule has 6 heteroatoms. The molecule has 6 nitrogen and oxygen atoms in total. The maximum atomic E-state index is 12.7. The zero-order chi connectivity index (χ0) is 19.4. The third kappa shape index (κ3) is 4.27. The molecule has 1 aliphatic heterocycles. The lowest BCUT2D eigenvalue weighted by Gasteiger charge is -2.30. The number of ether oxygens (including phenoxy) is 1. The number of Topliss-reactive ketones (excluding diaryl/α,β-unsaturated/α-hetero) is 1. The van der Waals surface area contributed by atoms with Crippen LogP contribution in [0.15, 0.2) is 40.8 Å². The number of hydrogen-bond donors (Lipinski definition) is 0. The summed E-state index contributed by atoms with van der Waals surface area (Å²) >= 11 is 0. The molecule has 1 aromatic heterocycles. The summed E-state index contributed by atoms with van der Waals surface area (Å²) in [6.45, 7) is 4.69. The zero-order valence-corrected chi connectivity index (χ0v) is 15.6. The SMILES string of the molecule is CCOC(=O)C1CCN(C(=O)c2ccc(-c3ccc(C(C)=O)cc3)o2)CC1. The average Bonchev–Trinajstić information content (AvgIpc) is 3.18. The van der Waals surface area contributed by atoms with Gasteiger partial charge in [-0.1, -0.05) is 24.3 Å². The van der Waals surface area contributed by atoms with E-state index in [-0.39, 0.29) is 29.3 Å². The van der Waals surface area contributed by atoms with Gasteiger partial charge in [0.05, 0.1) is 12.5 Å². The van der Waals surface area contributed by atoms with Crippen LogP contribution in [0.2, 0.25) is 0 Å². The van der Waals surface area contributed by atoms with E-state index in [4.69, 9.17) is 9.15 Å². The van der Waals surface area contributed by atoms with Gasteiger partial charge in [0, 0.05) is 24.2 Å². The highest BCUT2D eigenvalue weighted by molar-refractivity contribution is 5.94. The Morgan fingerprint density at radius 3 is 2.33 bits per heavy atom. The van der Waals surface area contributed by atoms with E-state index in [9.17, 15) is 14.4 Å². The Morgan fingerprint density at radius 1 is 1.07 bits per heavy atom. The second kappa shape index (κ2) is 8.20. The molecule has 1 aromatic carbocycles. The predicted molar refractivity (Wildman–Crippen MR) is 99.4 cm³/mol. The Hall–Kier alpha value is -2.89. The molecule has 1 fully saturated rings. The second-order valence-corrected chi connectivity index (χ2v) is 6.62. The molecule has 1 saturated heterocycles. The Bertz CT molecular complexity index is 829. The predicted octanol–water partition coefficient (Wildman–Crippen LogP) is 3.56. The summed E-state index contributed by atoms with van der Waals surface area (Å²) in [7, 11) is 0. The molecule has 2 heterocycles. The molecule has 1 amide bonds. The van der Waals surface area contributed by atoms with Crippen molar-refractivity contribution in [1.82, 2.24) is 4.90 Å². The zero-order valence-electron chi connectivity index (χ0n) is 15.6. The summed E-state index contributed by atoms with van der Waals surface area (Å²) in [6.07, 6.45) is 1.20. The van der Waals surface area contributed by atoms with Gasteiger partial charge < -0.3 is 14.1 Å². The van der Waals surface area contributed by atoms with Crippen LogP contribution in [-0.4, -0.2) is 42.3 Å². The highest BCUT2D eigenvalue weighted by Crippen LogP contribution is 2.25. The van der Waals surface area contributed by atoms with Crippen LogP contribution in [0, 0.1) is 5.92 Å². The van der Waals surface area contributed by atoms with E-state index in [0.717, 1.165) is 5.56 Å². The number of furan rings is 1. The molecule has 0 unspecified atom stereocenters. The molecular formula is C21H23NO5. The maximum absolute atomic E-state index is 12.7. The minimum atomic E-state index is -0.182. The van der Waals surface area contributed by atoms with Crippen LogP contribution in [-0.2, 0) is 9.53 Å². The minimum absolute atomic E-state index is 0.00285. The quantitative estimate of drug-likeness (QED) is 0.595. The molecule has 142 valence electrons. The summed E-state index contributed by atoms with van der Waals surface area (Å²) < 4.78 is 10.8. The molecule has 3 rings (SSSR count). The summed E-state index contributed by atoms with van der Waals surface area (Å²) in [5, 5.41) is 0. The van der Waals surface area contributed by atoms with Crippen LogP contribution in [0.1, 0.15) is 47.6 Å². The average molecular weight is 369 g/mol. The van der Waals surface area contributed by atoms with Crippen LogP contribution in [0.25, 0.3) is 11.3 Å². The van der Waals surface area contributed by atoms with E-state index in [1.165, 1.54) is 6.92 Å². The van der Waals surface area contributed by atoms with Gasteiger partial charge in [0.1, 0.15) is 5.76 Å². The first-order valence-electron chi connectivity index (χ1n) is 9.16. The van der Waals surface area contributed by atoms with Gasteiger partial charge >= 0.3 is 5.97 Å². The van der Waals surface area contributed by atoms with E-state index >= 15 is 0 Å². The Balaban J connectivity index is 1.64. The first-order chi connectivity index (χ1) is 13.0. The molecule has 0 N–H and O–H groups in total. The molecule has 1 aliphatic rings. The molecule has 0 aliphatic carbocycles. The van der Waals surface area contributed by atoms with Crippen molar-refractivity contribution >= 4 is 17.7 Å². The third-order valence-corrected chi connectivity index (χ3v) is 4.79. The largest absolute Gasteiger partial charge is 0.466 e. The van der Waals surface area contributed by atoms with E-state index < -0.39 is 0 Å². The van der Waals surface area contributed by atoms with Gasteiger partial charge in [-0.2, -0.15) is 0 Å². The van der Waals surface area contributed by atoms with Crippen LogP contribution in [0.4, 0.5) is 0 Å². The van der Waals surface area contributed by atoms with Crippen molar-refractivity contribution in [3.05, 3.63) is 47.7 Å². The maximum Gasteiger partial charge on any atom is 0.309 e. The number of likely N-dealkylation sites (tertiary alicyclic amines) is 1. The number of benzene rings is 1. The van der Waals surface area contributed by atoms with Gasteiger partial charge in [-0.3, -0.25) is 14.4 Å². The van der Waals surface area contributed by atoms with Gasteiger partial charge in [-0.15, -0.1) is 0 Å². The van der Waals surface area contributed by atoms with Crippen molar-refractivity contribution in [3.8, 4) is 11.3 Å². The second-order valence-electron chi connectivity index (χ2n) is 6.62. The number of carbonyl (C=O) groups is 3. The Morgan fingerprint density at radius 2 is 1.74 bits per heavy atom. The Labute approximate surface area is 158 Å². The standard InChI is InChI=1S/C21H23NO5/c1-3-26-21(25)17-10-12-22(13-11-17)20(24)19-9-8-18(27-19)16-6-4-15(5-7-16)14(2)23/h4-9,17H,3,10-13H2,1-2H3. The van der Waals surface area contributed by atoms with Gasteiger partial charge in [-0.05, 0) is 38.8 Å². The van der Waals surface area contributed by atoms with Crippen LogP contribution >= 0.6 is 0 Å². The van der Waals surface area contributed by atoms with Crippen molar-refractivity contribution in [3.63, 3.8) is 0 Å². The van der Waals surface area contributed by atoms with Crippen molar-refractivity contribution in [1.29, 1.82) is 0 Å². The molecule has 0 bridgehead atoms. The van der Waals surface area contributed by atoms with Crippen molar-refractivity contribution < 1.29 is 23.5 Å². The van der Waals surface area contributed by atoms with E-state index in [0.29, 0.717) is 43.9 Å². The summed E-state index contributed by atoms with van der Waals surface area (Å²) in [4.78, 5) is 37.5. The highest BCUT2D eigenvalue weighted by atomic mass is 16.5. The van der Waals surface area contributed by atoms with E-state index in [1.807, 2.05) is 0 Å². The number of carbonyl (C=O) groups excluding carboxylic acids is 3. The molecule has 0 atom stereocenters. The fourth-order valence-corrected chi connectivity index (χ4v) is 3.21. The highest BCUT2D eigenvalue weighted by Gasteiger charge is 2.29. The number of nitrogens with zero attached hydrogens (tertiary/aromatic N) is 1.